The van der Waals surface area contributed by atoms with Gasteiger partial charge in [-0.05, 0) is 32.0 Å². The lowest BCUT2D eigenvalue weighted by Gasteiger charge is -2.25. The average Bonchev–Trinajstić information content (AvgIpc) is 2.86. The summed E-state index contributed by atoms with van der Waals surface area (Å²) < 4.78 is 13.7. The second-order valence-electron chi connectivity index (χ2n) is 6.36. The van der Waals surface area contributed by atoms with Crippen molar-refractivity contribution in [3.8, 4) is 0 Å². The highest BCUT2D eigenvalue weighted by atomic mass is 35.5. The number of benzene rings is 2. The van der Waals surface area contributed by atoms with E-state index in [1.54, 1.807) is 30.3 Å². The maximum Gasteiger partial charge on any atom is 0.326 e. The van der Waals surface area contributed by atoms with Crippen LogP contribution in [0, 0.1) is 5.82 Å². The van der Waals surface area contributed by atoms with E-state index in [2.05, 4.69) is 10.6 Å². The van der Waals surface area contributed by atoms with Crippen molar-refractivity contribution in [1.29, 1.82) is 0 Å². The van der Waals surface area contributed by atoms with Gasteiger partial charge in [0, 0.05) is 10.6 Å². The Bertz CT molecular complexity index is 936. The molecule has 0 radical (unpaired) electrons. The van der Waals surface area contributed by atoms with Gasteiger partial charge in [0.15, 0.2) is 0 Å². The van der Waals surface area contributed by atoms with Gasteiger partial charge in [0.2, 0.25) is 5.91 Å². The van der Waals surface area contributed by atoms with Crippen molar-refractivity contribution in [2.24, 2.45) is 0 Å². The normalized spacial score (nSPS) is 20.4. The Balaban J connectivity index is 1.85. The molecule has 8 heteroatoms. The molecule has 1 fully saturated rings. The van der Waals surface area contributed by atoms with Crippen LogP contribution in [0.25, 0.3) is 0 Å². The van der Waals surface area contributed by atoms with E-state index in [-0.39, 0.29) is 5.69 Å². The first-order chi connectivity index (χ1) is 12.8. The largest absolute Gasteiger partial charge is 0.326 e. The number of amides is 4. The molecule has 27 heavy (non-hydrogen) atoms. The molecule has 2 aromatic carbocycles. The minimum atomic E-state index is -1.40. The number of nitrogens with one attached hydrogen (secondary N) is 2. The molecule has 0 saturated carbocycles. The first kappa shape index (κ1) is 18.8. The fourth-order valence-electron chi connectivity index (χ4n) is 2.98. The molecule has 0 unspecified atom stereocenters. The van der Waals surface area contributed by atoms with Gasteiger partial charge in [-0.2, -0.15) is 0 Å². The van der Waals surface area contributed by atoms with Crippen molar-refractivity contribution in [2.45, 2.75) is 25.4 Å². The molecule has 6 nitrogen and oxygen atoms in total. The topological polar surface area (TPSA) is 78.5 Å². The van der Waals surface area contributed by atoms with Gasteiger partial charge in [-0.1, -0.05) is 41.9 Å². The zero-order chi connectivity index (χ0) is 19.8. The Morgan fingerprint density at radius 2 is 1.81 bits per heavy atom. The number of carbonyl (C=O) groups is 3. The molecular weight excluding hydrogens is 373 g/mol. The number of urea groups is 1. The lowest BCUT2D eigenvalue weighted by atomic mass is 9.91. The second kappa shape index (κ2) is 7.00. The maximum absolute atomic E-state index is 13.7. The van der Waals surface area contributed by atoms with E-state index < -0.39 is 35.2 Å². The van der Waals surface area contributed by atoms with Gasteiger partial charge < -0.3 is 10.6 Å². The van der Waals surface area contributed by atoms with Crippen LogP contribution in [0.2, 0.25) is 5.02 Å². The number of rotatable bonds is 4. The molecule has 3 rings (SSSR count). The summed E-state index contributed by atoms with van der Waals surface area (Å²) in [5.41, 5.74) is -1.01. The zero-order valence-electron chi connectivity index (χ0n) is 14.6. The van der Waals surface area contributed by atoms with Crippen LogP contribution in [-0.2, 0) is 15.1 Å². The smallest absolute Gasteiger partial charge is 0.322 e. The fourth-order valence-corrected chi connectivity index (χ4v) is 3.30. The highest BCUT2D eigenvalue weighted by Gasteiger charge is 2.52. The number of nitrogens with zero attached hydrogens (tertiary/aromatic N) is 1. The number of halogens is 2. The highest BCUT2D eigenvalue weighted by molar-refractivity contribution is 6.32. The minimum absolute atomic E-state index is 0.0322. The molecule has 1 heterocycles. The van der Waals surface area contributed by atoms with Crippen LogP contribution in [0.15, 0.2) is 48.5 Å². The number of para-hydroxylation sites is 1. The van der Waals surface area contributed by atoms with Gasteiger partial charge in [-0.15, -0.1) is 0 Å². The molecule has 140 valence electrons. The Kier molecular flexibility index (Phi) is 4.89. The van der Waals surface area contributed by atoms with Crippen LogP contribution in [0.4, 0.5) is 14.9 Å². The van der Waals surface area contributed by atoms with Gasteiger partial charge >= 0.3 is 6.03 Å². The Hall–Kier alpha value is -2.93. The van der Waals surface area contributed by atoms with Gasteiger partial charge in [0.25, 0.3) is 5.91 Å². The van der Waals surface area contributed by atoms with Gasteiger partial charge in [-0.25, -0.2) is 14.1 Å². The first-order valence-electron chi connectivity index (χ1n) is 8.22. The van der Waals surface area contributed by atoms with E-state index in [1.807, 2.05) is 0 Å². The average molecular weight is 390 g/mol. The van der Waals surface area contributed by atoms with Gasteiger partial charge in [-0.3, -0.25) is 9.59 Å². The minimum Gasteiger partial charge on any atom is -0.322 e. The number of carbonyl (C=O) groups excluding carboxylic acids is 3. The Morgan fingerprint density at radius 3 is 2.48 bits per heavy atom. The van der Waals surface area contributed by atoms with Crippen LogP contribution < -0.4 is 10.6 Å². The zero-order valence-corrected chi connectivity index (χ0v) is 15.4. The fraction of sp³-hybridized carbons (Fsp3) is 0.211. The lowest BCUT2D eigenvalue weighted by molar-refractivity contribution is -0.136. The summed E-state index contributed by atoms with van der Waals surface area (Å²) in [7, 11) is 0. The molecule has 0 spiro atoms. The molecule has 0 aromatic heterocycles. The summed E-state index contributed by atoms with van der Waals surface area (Å²) in [5.74, 6) is -1.92. The van der Waals surface area contributed by atoms with Crippen molar-refractivity contribution >= 4 is 35.1 Å². The molecule has 2 atom stereocenters. The standard InChI is InChI=1S/C19H17ClFN3O3/c1-11(16(25)22-15-10-6-5-9-14(15)21)24-17(26)19(2,23-18(24)27)12-7-3-4-8-13(12)20/h3-11H,1-2H3,(H,22,25)(H,23,27)/t11-,19+/m1/s1. The third-order valence-electron chi connectivity index (χ3n) is 4.53. The SMILES string of the molecule is C[C@H](C(=O)Nc1ccccc1F)N1C(=O)N[C@@](C)(c2ccccc2Cl)C1=O. The van der Waals surface area contributed by atoms with E-state index in [9.17, 15) is 18.8 Å². The van der Waals surface area contributed by atoms with E-state index in [0.29, 0.717) is 10.6 Å². The Labute approximate surface area is 160 Å². The van der Waals surface area contributed by atoms with Crippen molar-refractivity contribution in [2.75, 3.05) is 5.32 Å². The third kappa shape index (κ3) is 3.26. The summed E-state index contributed by atoms with van der Waals surface area (Å²) in [5, 5.41) is 5.31. The van der Waals surface area contributed by atoms with Crippen molar-refractivity contribution in [1.82, 2.24) is 10.2 Å². The van der Waals surface area contributed by atoms with Crippen LogP contribution in [0.3, 0.4) is 0 Å². The number of hydrogen-bond acceptors (Lipinski definition) is 3. The molecule has 1 saturated heterocycles. The predicted octanol–water partition coefficient (Wildman–Crippen LogP) is 3.27. The molecule has 1 aliphatic rings. The quantitative estimate of drug-likeness (QED) is 0.788. The maximum atomic E-state index is 13.7. The molecule has 1 aliphatic heterocycles. The highest BCUT2D eigenvalue weighted by Crippen LogP contribution is 2.34. The van der Waals surface area contributed by atoms with Crippen molar-refractivity contribution in [3.63, 3.8) is 0 Å². The van der Waals surface area contributed by atoms with E-state index in [1.165, 1.54) is 32.0 Å². The molecule has 4 amide bonds. The number of anilines is 1. The van der Waals surface area contributed by atoms with Crippen molar-refractivity contribution < 1.29 is 18.8 Å². The molecule has 2 N–H and O–H groups in total. The molecular formula is C19H17ClFN3O3. The summed E-state index contributed by atoms with van der Waals surface area (Å²) in [6, 6.07) is 10.4. The monoisotopic (exact) mass is 389 g/mol. The van der Waals surface area contributed by atoms with Crippen LogP contribution >= 0.6 is 11.6 Å². The van der Waals surface area contributed by atoms with E-state index in [0.717, 1.165) is 4.90 Å². The summed E-state index contributed by atoms with van der Waals surface area (Å²) >= 11 is 6.18. The van der Waals surface area contributed by atoms with Crippen molar-refractivity contribution in [3.05, 3.63) is 64.9 Å². The van der Waals surface area contributed by atoms with Gasteiger partial charge in [0.05, 0.1) is 5.69 Å². The predicted molar refractivity (Wildman–Crippen MR) is 98.7 cm³/mol. The molecule has 0 aliphatic carbocycles. The summed E-state index contributed by atoms with van der Waals surface area (Å²) in [6.07, 6.45) is 0. The van der Waals surface area contributed by atoms with E-state index >= 15 is 0 Å². The molecule has 2 aromatic rings. The first-order valence-corrected chi connectivity index (χ1v) is 8.59. The van der Waals surface area contributed by atoms with E-state index in [4.69, 9.17) is 11.6 Å². The Morgan fingerprint density at radius 1 is 1.19 bits per heavy atom. The summed E-state index contributed by atoms with van der Waals surface area (Å²) in [4.78, 5) is 38.7. The summed E-state index contributed by atoms with van der Waals surface area (Å²) in [6.45, 7) is 2.92. The van der Waals surface area contributed by atoms with Crippen LogP contribution in [0.1, 0.15) is 19.4 Å². The van der Waals surface area contributed by atoms with Crippen LogP contribution in [-0.4, -0.2) is 28.8 Å². The van der Waals surface area contributed by atoms with Crippen LogP contribution in [0.5, 0.6) is 0 Å². The molecule has 0 bridgehead atoms. The van der Waals surface area contributed by atoms with Gasteiger partial charge in [0.1, 0.15) is 17.4 Å². The lowest BCUT2D eigenvalue weighted by Crippen LogP contribution is -2.47. The number of imide groups is 1. The third-order valence-corrected chi connectivity index (χ3v) is 4.86. The second-order valence-corrected chi connectivity index (χ2v) is 6.76. The number of hydrogen-bond donors (Lipinski definition) is 2.